The van der Waals surface area contributed by atoms with Crippen LogP contribution in [0.15, 0.2) is 49.3 Å². The number of aromatic nitrogens is 3. The van der Waals surface area contributed by atoms with Crippen LogP contribution in [0.25, 0.3) is 0 Å². The fourth-order valence-electron chi connectivity index (χ4n) is 2.24. The van der Waals surface area contributed by atoms with Gasteiger partial charge >= 0.3 is 0 Å². The Labute approximate surface area is 142 Å². The molecule has 0 unspecified atom stereocenters. The van der Waals surface area contributed by atoms with Gasteiger partial charge in [-0.1, -0.05) is 23.7 Å². The first-order chi connectivity index (χ1) is 11.2. The molecule has 5 nitrogen and oxygen atoms in total. The molecule has 0 saturated heterocycles. The number of rotatable bonds is 9. The number of pyridine rings is 1. The number of likely N-dealkylation sites (N-methyl/N-ethyl adjacent to an activating group) is 1. The molecule has 0 bridgehead atoms. The van der Waals surface area contributed by atoms with Crippen LogP contribution in [-0.2, 0) is 6.54 Å². The van der Waals surface area contributed by atoms with Crippen LogP contribution in [-0.4, -0.2) is 39.8 Å². The van der Waals surface area contributed by atoms with Gasteiger partial charge in [-0.25, -0.2) is 0 Å². The van der Waals surface area contributed by atoms with Crippen molar-refractivity contribution < 1.29 is 4.74 Å². The van der Waals surface area contributed by atoms with Crippen LogP contribution in [0.2, 0.25) is 5.15 Å². The van der Waals surface area contributed by atoms with E-state index in [1.165, 1.54) is 5.56 Å². The van der Waals surface area contributed by atoms with Crippen LogP contribution >= 0.6 is 11.6 Å². The predicted octanol–water partition coefficient (Wildman–Crippen LogP) is 3.37. The zero-order chi connectivity index (χ0) is 16.5. The van der Waals surface area contributed by atoms with Gasteiger partial charge in [-0.05, 0) is 37.6 Å². The third-order valence-corrected chi connectivity index (χ3v) is 3.48. The van der Waals surface area contributed by atoms with Gasteiger partial charge in [0.2, 0.25) is 5.88 Å². The van der Waals surface area contributed by atoms with E-state index in [-0.39, 0.29) is 6.10 Å². The lowest BCUT2D eigenvalue weighted by Crippen LogP contribution is -2.33. The van der Waals surface area contributed by atoms with Crippen LogP contribution in [0.3, 0.4) is 0 Å². The highest BCUT2D eigenvalue weighted by Gasteiger charge is 2.14. The summed E-state index contributed by atoms with van der Waals surface area (Å²) in [6.45, 7) is 5.36. The maximum absolute atomic E-state index is 5.94. The molecule has 6 heteroatoms. The van der Waals surface area contributed by atoms with Gasteiger partial charge in [-0.15, -0.1) is 16.8 Å². The summed E-state index contributed by atoms with van der Waals surface area (Å²) < 4.78 is 5.94. The van der Waals surface area contributed by atoms with Crippen LogP contribution in [0.5, 0.6) is 5.88 Å². The Kier molecular flexibility index (Phi) is 6.97. The Morgan fingerprint density at radius 2 is 2.22 bits per heavy atom. The van der Waals surface area contributed by atoms with Crippen molar-refractivity contribution in [3.8, 4) is 5.88 Å². The van der Waals surface area contributed by atoms with Gasteiger partial charge in [0.15, 0.2) is 5.15 Å². The number of ether oxygens (including phenoxy) is 1. The van der Waals surface area contributed by atoms with E-state index in [4.69, 9.17) is 16.3 Å². The molecule has 0 aromatic carbocycles. The Balaban J connectivity index is 1.94. The highest BCUT2D eigenvalue weighted by Crippen LogP contribution is 2.14. The van der Waals surface area contributed by atoms with Gasteiger partial charge in [0.05, 0.1) is 0 Å². The maximum atomic E-state index is 5.94. The van der Waals surface area contributed by atoms with E-state index >= 15 is 0 Å². The van der Waals surface area contributed by atoms with Gasteiger partial charge in [-0.2, -0.15) is 0 Å². The fourth-order valence-corrected chi connectivity index (χ4v) is 2.34. The summed E-state index contributed by atoms with van der Waals surface area (Å²) in [7, 11) is 2.06. The lowest BCUT2D eigenvalue weighted by Gasteiger charge is -2.24. The molecule has 0 aliphatic heterocycles. The minimum absolute atomic E-state index is 0.00477. The summed E-state index contributed by atoms with van der Waals surface area (Å²) in [4.78, 5) is 6.34. The van der Waals surface area contributed by atoms with Crippen LogP contribution < -0.4 is 4.74 Å². The van der Waals surface area contributed by atoms with Crippen molar-refractivity contribution in [1.82, 2.24) is 20.1 Å². The third-order valence-electron chi connectivity index (χ3n) is 3.28. The summed E-state index contributed by atoms with van der Waals surface area (Å²) in [6.07, 6.45) is 7.30. The number of allylic oxidation sites excluding steroid dienone is 1. The van der Waals surface area contributed by atoms with E-state index in [2.05, 4.69) is 39.8 Å². The topological polar surface area (TPSA) is 51.1 Å². The Bertz CT molecular complexity index is 591. The molecule has 0 radical (unpaired) electrons. The smallest absolute Gasteiger partial charge is 0.233 e. The Morgan fingerprint density at radius 1 is 1.35 bits per heavy atom. The summed E-state index contributed by atoms with van der Waals surface area (Å²) in [6, 6.07) is 7.41. The summed E-state index contributed by atoms with van der Waals surface area (Å²) in [5, 5.41) is 8.12. The second-order valence-electron chi connectivity index (χ2n) is 5.36. The molecule has 0 fully saturated rings. The van der Waals surface area contributed by atoms with Crippen molar-refractivity contribution in [2.45, 2.75) is 25.5 Å². The molecule has 0 aliphatic carbocycles. The van der Waals surface area contributed by atoms with Crippen molar-refractivity contribution in [2.75, 3.05) is 13.6 Å². The van der Waals surface area contributed by atoms with Crippen molar-refractivity contribution in [3.63, 3.8) is 0 Å². The van der Waals surface area contributed by atoms with Crippen molar-refractivity contribution >= 4 is 11.6 Å². The monoisotopic (exact) mass is 332 g/mol. The summed E-state index contributed by atoms with van der Waals surface area (Å²) in [5.74, 6) is 0.484. The molecule has 2 aromatic heterocycles. The lowest BCUT2D eigenvalue weighted by molar-refractivity contribution is 0.131. The molecule has 0 saturated carbocycles. The average Bonchev–Trinajstić information content (AvgIpc) is 2.55. The molecule has 1 atom stereocenters. The molecule has 0 amide bonds. The van der Waals surface area contributed by atoms with Crippen LogP contribution in [0.4, 0.5) is 0 Å². The lowest BCUT2D eigenvalue weighted by atomic mass is 10.1. The Hall–Kier alpha value is -1.98. The van der Waals surface area contributed by atoms with Crippen LogP contribution in [0, 0.1) is 0 Å². The third kappa shape index (κ3) is 6.34. The molecule has 2 aromatic rings. The van der Waals surface area contributed by atoms with Crippen molar-refractivity contribution in [2.24, 2.45) is 0 Å². The number of nitrogens with zero attached hydrogens (tertiary/aromatic N) is 4. The highest BCUT2D eigenvalue weighted by atomic mass is 35.5. The SMILES string of the molecule is C=CCC[C@@H](CN(C)Cc1cccnc1)Oc1ccc(Cl)nn1. The summed E-state index contributed by atoms with van der Waals surface area (Å²) in [5.41, 5.74) is 1.17. The molecule has 122 valence electrons. The number of hydrogen-bond acceptors (Lipinski definition) is 5. The fraction of sp³-hybridized carbons (Fsp3) is 0.353. The first-order valence-corrected chi connectivity index (χ1v) is 7.89. The highest BCUT2D eigenvalue weighted by molar-refractivity contribution is 6.29. The van der Waals surface area contributed by atoms with Gasteiger partial charge in [0.25, 0.3) is 0 Å². The van der Waals surface area contributed by atoms with Gasteiger partial charge in [-0.3, -0.25) is 9.88 Å². The first-order valence-electron chi connectivity index (χ1n) is 7.51. The second-order valence-corrected chi connectivity index (χ2v) is 5.75. The molecule has 23 heavy (non-hydrogen) atoms. The second kappa shape index (κ2) is 9.22. The maximum Gasteiger partial charge on any atom is 0.233 e. The van der Waals surface area contributed by atoms with Gasteiger partial charge in [0, 0.05) is 31.5 Å². The molecule has 0 aliphatic rings. The zero-order valence-corrected chi connectivity index (χ0v) is 14.0. The largest absolute Gasteiger partial charge is 0.472 e. The van der Waals surface area contributed by atoms with E-state index in [9.17, 15) is 0 Å². The van der Waals surface area contributed by atoms with E-state index in [1.807, 2.05) is 18.3 Å². The van der Waals surface area contributed by atoms with Crippen molar-refractivity contribution in [3.05, 3.63) is 60.0 Å². The molecular weight excluding hydrogens is 312 g/mol. The Morgan fingerprint density at radius 3 is 2.87 bits per heavy atom. The number of halogens is 1. The van der Waals surface area contributed by atoms with E-state index in [0.29, 0.717) is 11.0 Å². The minimum Gasteiger partial charge on any atom is -0.472 e. The number of hydrogen-bond donors (Lipinski definition) is 0. The molecule has 2 rings (SSSR count). The molecule has 0 spiro atoms. The van der Waals surface area contributed by atoms with Gasteiger partial charge < -0.3 is 4.74 Å². The predicted molar refractivity (Wildman–Crippen MR) is 91.5 cm³/mol. The standard InChI is InChI=1S/C17H21ClN4O/c1-3-4-7-15(23-17-9-8-16(18)20-21-17)13-22(2)12-14-6-5-10-19-11-14/h3,5-6,8-11,15H,1,4,7,12-13H2,2H3/t15-/m0/s1. The van der Waals surface area contributed by atoms with E-state index in [0.717, 1.165) is 25.9 Å². The average molecular weight is 333 g/mol. The normalized spacial score (nSPS) is 12.1. The van der Waals surface area contributed by atoms with E-state index in [1.54, 1.807) is 18.3 Å². The minimum atomic E-state index is 0.00477. The van der Waals surface area contributed by atoms with Crippen LogP contribution in [0.1, 0.15) is 18.4 Å². The van der Waals surface area contributed by atoms with Crippen molar-refractivity contribution in [1.29, 1.82) is 0 Å². The molecular formula is C17H21ClN4O. The quantitative estimate of drug-likeness (QED) is 0.659. The van der Waals surface area contributed by atoms with E-state index < -0.39 is 0 Å². The zero-order valence-electron chi connectivity index (χ0n) is 13.2. The first kappa shape index (κ1) is 17.4. The molecule has 0 N–H and O–H groups in total. The summed E-state index contributed by atoms with van der Waals surface area (Å²) >= 11 is 5.75. The molecule has 2 heterocycles. The van der Waals surface area contributed by atoms with Gasteiger partial charge in [0.1, 0.15) is 6.10 Å².